The van der Waals surface area contributed by atoms with Gasteiger partial charge in [0.15, 0.2) is 0 Å². The molecule has 17 heavy (non-hydrogen) atoms. The van der Waals surface area contributed by atoms with E-state index in [2.05, 4.69) is 29.8 Å². The summed E-state index contributed by atoms with van der Waals surface area (Å²) in [7, 11) is 1.75. The summed E-state index contributed by atoms with van der Waals surface area (Å²) in [5.74, 6) is 0.805. The van der Waals surface area contributed by atoms with Crippen molar-refractivity contribution in [2.75, 3.05) is 26.8 Å². The molecule has 0 fully saturated rings. The summed E-state index contributed by atoms with van der Waals surface area (Å²) >= 11 is 1.87. The van der Waals surface area contributed by atoms with Crippen molar-refractivity contribution >= 4 is 11.3 Å². The van der Waals surface area contributed by atoms with E-state index < -0.39 is 0 Å². The van der Waals surface area contributed by atoms with Crippen molar-refractivity contribution < 1.29 is 4.74 Å². The highest BCUT2D eigenvalue weighted by molar-refractivity contribution is 7.09. The molecular formula is C14H25NOS. The van der Waals surface area contributed by atoms with Crippen LogP contribution in [0.1, 0.15) is 31.1 Å². The molecule has 0 spiro atoms. The number of nitrogens with one attached hydrogen (secondary N) is 1. The molecule has 0 aliphatic rings. The second-order valence-corrected chi connectivity index (χ2v) is 5.50. The average molecular weight is 255 g/mol. The summed E-state index contributed by atoms with van der Waals surface area (Å²) < 4.78 is 5.04. The van der Waals surface area contributed by atoms with Crippen LogP contribution >= 0.6 is 11.3 Å². The zero-order valence-corrected chi connectivity index (χ0v) is 11.9. The molecule has 0 aliphatic heterocycles. The minimum absolute atomic E-state index is 0.805. The smallest absolute Gasteiger partial charge is 0.0587 e. The van der Waals surface area contributed by atoms with Crippen LogP contribution in [0.3, 0.4) is 0 Å². The molecule has 98 valence electrons. The highest BCUT2D eigenvalue weighted by Crippen LogP contribution is 2.17. The monoisotopic (exact) mass is 255 g/mol. The highest BCUT2D eigenvalue weighted by atomic mass is 32.1. The molecule has 3 heteroatoms. The maximum absolute atomic E-state index is 5.04. The number of rotatable bonds is 10. The van der Waals surface area contributed by atoms with Crippen molar-refractivity contribution in [1.29, 1.82) is 0 Å². The zero-order valence-electron chi connectivity index (χ0n) is 11.1. The Morgan fingerprint density at radius 1 is 1.41 bits per heavy atom. The topological polar surface area (TPSA) is 21.3 Å². The quantitative estimate of drug-likeness (QED) is 0.648. The molecule has 0 bridgehead atoms. The van der Waals surface area contributed by atoms with Gasteiger partial charge in [0.05, 0.1) is 6.61 Å². The van der Waals surface area contributed by atoms with Gasteiger partial charge in [0.2, 0.25) is 0 Å². The van der Waals surface area contributed by atoms with Crippen LogP contribution in [0, 0.1) is 5.92 Å². The Bertz CT molecular complexity index is 261. The molecule has 0 radical (unpaired) electrons. The highest BCUT2D eigenvalue weighted by Gasteiger charge is 2.08. The van der Waals surface area contributed by atoms with Crippen molar-refractivity contribution in [2.45, 2.75) is 32.6 Å². The predicted octanol–water partition coefficient (Wildman–Crippen LogP) is 3.33. The Hall–Kier alpha value is -0.380. The van der Waals surface area contributed by atoms with E-state index in [1.54, 1.807) is 7.11 Å². The molecule has 0 saturated heterocycles. The van der Waals surface area contributed by atoms with E-state index in [-0.39, 0.29) is 0 Å². The van der Waals surface area contributed by atoms with Crippen LogP contribution in [0.5, 0.6) is 0 Å². The van der Waals surface area contributed by atoms with Crippen LogP contribution < -0.4 is 5.32 Å². The van der Waals surface area contributed by atoms with Crippen LogP contribution in [0.2, 0.25) is 0 Å². The molecule has 1 atom stereocenters. The summed E-state index contributed by atoms with van der Waals surface area (Å²) in [6.07, 6.45) is 5.13. The molecule has 0 aliphatic carbocycles. The first-order valence-corrected chi connectivity index (χ1v) is 7.46. The number of hydrogen-bond donors (Lipinski definition) is 1. The van der Waals surface area contributed by atoms with E-state index in [1.807, 2.05) is 11.3 Å². The van der Waals surface area contributed by atoms with Crippen LogP contribution in [0.25, 0.3) is 0 Å². The van der Waals surface area contributed by atoms with Crippen molar-refractivity contribution in [3.8, 4) is 0 Å². The largest absolute Gasteiger partial charge is 0.383 e. The third-order valence-electron chi connectivity index (χ3n) is 2.99. The van der Waals surface area contributed by atoms with E-state index in [1.165, 1.54) is 30.6 Å². The summed E-state index contributed by atoms with van der Waals surface area (Å²) in [4.78, 5) is 1.52. The fourth-order valence-electron chi connectivity index (χ4n) is 2.04. The first-order chi connectivity index (χ1) is 8.36. The Balaban J connectivity index is 2.17. The Morgan fingerprint density at radius 3 is 2.94 bits per heavy atom. The van der Waals surface area contributed by atoms with Gasteiger partial charge in [-0.05, 0) is 43.2 Å². The summed E-state index contributed by atoms with van der Waals surface area (Å²) in [6, 6.07) is 4.39. The van der Waals surface area contributed by atoms with E-state index in [4.69, 9.17) is 4.74 Å². The molecule has 1 aromatic heterocycles. The van der Waals surface area contributed by atoms with Crippen molar-refractivity contribution in [3.63, 3.8) is 0 Å². The van der Waals surface area contributed by atoms with Gasteiger partial charge < -0.3 is 10.1 Å². The fourth-order valence-corrected chi connectivity index (χ4v) is 2.76. The predicted molar refractivity (Wildman–Crippen MR) is 75.8 cm³/mol. The third kappa shape index (κ3) is 6.81. The minimum Gasteiger partial charge on any atom is -0.383 e. The second-order valence-electron chi connectivity index (χ2n) is 4.47. The van der Waals surface area contributed by atoms with Gasteiger partial charge in [0.1, 0.15) is 0 Å². The first-order valence-electron chi connectivity index (χ1n) is 6.58. The molecule has 0 saturated carbocycles. The lowest BCUT2D eigenvalue weighted by Gasteiger charge is -2.16. The second kappa shape index (κ2) is 9.63. The zero-order chi connectivity index (χ0) is 12.3. The van der Waals surface area contributed by atoms with Crippen molar-refractivity contribution in [1.82, 2.24) is 5.32 Å². The number of thiophene rings is 1. The Kier molecular flexibility index (Phi) is 8.32. The number of methoxy groups -OCH3 is 1. The average Bonchev–Trinajstić information content (AvgIpc) is 2.84. The molecule has 1 aromatic rings. The summed E-state index contributed by atoms with van der Waals surface area (Å²) in [6.45, 7) is 5.18. The molecule has 0 amide bonds. The van der Waals surface area contributed by atoms with Gasteiger partial charge in [0.25, 0.3) is 0 Å². The Labute approximate surface area is 109 Å². The number of ether oxygens (including phenoxy) is 1. The standard InChI is InChI=1S/C14H25NOS/c1-3-5-13(12-15-9-10-16-2)7-8-14-6-4-11-17-14/h4,6,11,13,15H,3,5,7-10,12H2,1-2H3. The van der Waals surface area contributed by atoms with Crippen LogP contribution in [-0.2, 0) is 11.2 Å². The number of aryl methyl sites for hydroxylation is 1. The lowest BCUT2D eigenvalue weighted by atomic mass is 9.97. The molecule has 2 nitrogen and oxygen atoms in total. The van der Waals surface area contributed by atoms with Gasteiger partial charge in [-0.3, -0.25) is 0 Å². The van der Waals surface area contributed by atoms with Crippen molar-refractivity contribution in [3.05, 3.63) is 22.4 Å². The molecule has 0 aromatic carbocycles. The van der Waals surface area contributed by atoms with Crippen molar-refractivity contribution in [2.24, 2.45) is 5.92 Å². The maximum Gasteiger partial charge on any atom is 0.0587 e. The van der Waals surface area contributed by atoms with Crippen LogP contribution in [-0.4, -0.2) is 26.8 Å². The molecule has 1 N–H and O–H groups in total. The van der Waals surface area contributed by atoms with Gasteiger partial charge in [-0.25, -0.2) is 0 Å². The van der Waals surface area contributed by atoms with E-state index in [9.17, 15) is 0 Å². The molecule has 1 heterocycles. The lowest BCUT2D eigenvalue weighted by Crippen LogP contribution is -2.26. The summed E-state index contributed by atoms with van der Waals surface area (Å²) in [5.41, 5.74) is 0. The van der Waals surface area contributed by atoms with Crippen LogP contribution in [0.15, 0.2) is 17.5 Å². The summed E-state index contributed by atoms with van der Waals surface area (Å²) in [5, 5.41) is 5.65. The fraction of sp³-hybridized carbons (Fsp3) is 0.714. The maximum atomic E-state index is 5.04. The normalized spacial score (nSPS) is 12.8. The molecule has 1 unspecified atom stereocenters. The van der Waals surface area contributed by atoms with Gasteiger partial charge in [0, 0.05) is 18.5 Å². The van der Waals surface area contributed by atoms with Gasteiger partial charge >= 0.3 is 0 Å². The van der Waals surface area contributed by atoms with Crippen LogP contribution in [0.4, 0.5) is 0 Å². The molecular weight excluding hydrogens is 230 g/mol. The minimum atomic E-state index is 0.805. The Morgan fingerprint density at radius 2 is 2.29 bits per heavy atom. The number of hydrogen-bond acceptors (Lipinski definition) is 3. The van der Waals surface area contributed by atoms with E-state index in [0.717, 1.165) is 25.6 Å². The SMILES string of the molecule is CCCC(CCc1cccs1)CNCCOC. The molecule has 1 rings (SSSR count). The van der Waals surface area contributed by atoms with Gasteiger partial charge in [-0.2, -0.15) is 0 Å². The third-order valence-corrected chi connectivity index (χ3v) is 3.93. The van der Waals surface area contributed by atoms with Gasteiger partial charge in [-0.15, -0.1) is 11.3 Å². The van der Waals surface area contributed by atoms with E-state index in [0.29, 0.717) is 0 Å². The van der Waals surface area contributed by atoms with Gasteiger partial charge in [-0.1, -0.05) is 19.4 Å². The lowest BCUT2D eigenvalue weighted by molar-refractivity contribution is 0.197. The first kappa shape index (κ1) is 14.7. The van der Waals surface area contributed by atoms with E-state index >= 15 is 0 Å².